The Morgan fingerprint density at radius 2 is 1.81 bits per heavy atom. The summed E-state index contributed by atoms with van der Waals surface area (Å²) < 4.78 is 11.3. The van der Waals surface area contributed by atoms with Gasteiger partial charge >= 0.3 is 11.9 Å². The molecule has 0 aromatic heterocycles. The molecular weight excluding hydrogens is 408 g/mol. The van der Waals surface area contributed by atoms with Crippen molar-refractivity contribution in [3.63, 3.8) is 0 Å². The molecule has 0 amide bonds. The van der Waals surface area contributed by atoms with Crippen LogP contribution in [0.25, 0.3) is 0 Å². The van der Waals surface area contributed by atoms with Crippen molar-refractivity contribution in [2.45, 2.75) is 116 Å². The highest BCUT2D eigenvalue weighted by Crippen LogP contribution is 2.27. The van der Waals surface area contributed by atoms with E-state index in [-0.39, 0.29) is 24.6 Å². The zero-order chi connectivity index (χ0) is 23.8. The third-order valence-electron chi connectivity index (χ3n) is 6.38. The van der Waals surface area contributed by atoms with E-state index in [1.54, 1.807) is 6.08 Å². The van der Waals surface area contributed by atoms with E-state index in [9.17, 15) is 14.7 Å². The van der Waals surface area contributed by atoms with Crippen molar-refractivity contribution >= 4 is 11.9 Å². The van der Waals surface area contributed by atoms with Crippen LogP contribution in [0.2, 0.25) is 0 Å². The lowest BCUT2D eigenvalue weighted by atomic mass is 9.88. The maximum atomic E-state index is 12.0. The van der Waals surface area contributed by atoms with E-state index in [4.69, 9.17) is 14.6 Å². The standard InChI is InChI=1S/C26H46O6/c1-4-20(2)15-23(27)18-22-12-13-24(32-19-22)16-21(3)17-26(30)31-14-10-8-6-5-7-9-11-25(28)29/h17,20,22-24,27H,4-16,18-19H2,1-3H3,(H,28,29)/b21-17+/t20-,22-,23+,24+/m0/s1. The molecule has 2 N–H and O–H groups in total. The van der Waals surface area contributed by atoms with Crippen LogP contribution in [0.4, 0.5) is 0 Å². The van der Waals surface area contributed by atoms with Crippen molar-refractivity contribution < 1.29 is 29.3 Å². The van der Waals surface area contributed by atoms with Crippen molar-refractivity contribution in [1.29, 1.82) is 0 Å². The number of carboxylic acid groups (broad SMARTS) is 1. The van der Waals surface area contributed by atoms with Crippen LogP contribution < -0.4 is 0 Å². The van der Waals surface area contributed by atoms with Crippen LogP contribution in [0.1, 0.15) is 104 Å². The van der Waals surface area contributed by atoms with E-state index >= 15 is 0 Å². The normalized spacial score (nSPS) is 21.2. The maximum absolute atomic E-state index is 12.0. The lowest BCUT2D eigenvalue weighted by molar-refractivity contribution is -0.138. The summed E-state index contributed by atoms with van der Waals surface area (Å²) >= 11 is 0. The zero-order valence-corrected chi connectivity index (χ0v) is 20.5. The van der Waals surface area contributed by atoms with E-state index < -0.39 is 5.97 Å². The Morgan fingerprint density at radius 3 is 2.44 bits per heavy atom. The van der Waals surface area contributed by atoms with E-state index in [0.29, 0.717) is 25.0 Å². The Morgan fingerprint density at radius 1 is 1.12 bits per heavy atom. The van der Waals surface area contributed by atoms with E-state index in [2.05, 4.69) is 13.8 Å². The molecule has 6 heteroatoms. The largest absolute Gasteiger partial charge is 0.481 e. The molecule has 0 saturated carbocycles. The molecule has 0 spiro atoms. The highest BCUT2D eigenvalue weighted by Gasteiger charge is 2.24. The minimum atomic E-state index is -0.730. The maximum Gasteiger partial charge on any atom is 0.330 e. The Bertz CT molecular complexity index is 551. The summed E-state index contributed by atoms with van der Waals surface area (Å²) in [6, 6.07) is 0. The summed E-state index contributed by atoms with van der Waals surface area (Å²) in [7, 11) is 0. The average molecular weight is 455 g/mol. The number of esters is 1. The number of ether oxygens (including phenoxy) is 2. The second kappa shape index (κ2) is 17.1. The van der Waals surface area contributed by atoms with Gasteiger partial charge in [-0.05, 0) is 63.7 Å². The van der Waals surface area contributed by atoms with Crippen LogP contribution in [-0.2, 0) is 19.1 Å². The van der Waals surface area contributed by atoms with Crippen LogP contribution in [0, 0.1) is 11.8 Å². The van der Waals surface area contributed by atoms with Gasteiger partial charge in [-0.1, -0.05) is 51.5 Å². The molecule has 0 aromatic carbocycles. The first-order valence-electron chi connectivity index (χ1n) is 12.7. The van der Waals surface area contributed by atoms with Gasteiger partial charge in [0.2, 0.25) is 0 Å². The second-order valence-electron chi connectivity index (χ2n) is 9.66. The molecule has 1 aliphatic heterocycles. The Labute approximate surface area is 194 Å². The first-order chi connectivity index (χ1) is 15.3. The SMILES string of the molecule is CC[C@H](C)C[C@@H](O)C[C@@H]1CC[C@H](C/C(C)=C/C(=O)OCCCCCCCCC(=O)O)OC1. The van der Waals surface area contributed by atoms with Gasteiger partial charge in [0.25, 0.3) is 0 Å². The lowest BCUT2D eigenvalue weighted by Crippen LogP contribution is -2.29. The van der Waals surface area contributed by atoms with Crippen molar-refractivity contribution in [3.8, 4) is 0 Å². The molecule has 0 bridgehead atoms. The van der Waals surface area contributed by atoms with E-state index in [0.717, 1.165) is 82.6 Å². The molecule has 0 unspecified atom stereocenters. The summed E-state index contributed by atoms with van der Waals surface area (Å²) in [6.07, 6.45) is 12.9. The van der Waals surface area contributed by atoms with Gasteiger partial charge in [0.1, 0.15) is 0 Å². The molecule has 0 aromatic rings. The smallest absolute Gasteiger partial charge is 0.330 e. The molecule has 6 nitrogen and oxygen atoms in total. The number of rotatable bonds is 17. The molecule has 1 aliphatic rings. The van der Waals surface area contributed by atoms with Crippen molar-refractivity contribution in [2.24, 2.45) is 11.8 Å². The Balaban J connectivity index is 2.11. The molecule has 0 radical (unpaired) electrons. The number of carbonyl (C=O) groups is 2. The monoisotopic (exact) mass is 454 g/mol. The number of aliphatic hydroxyl groups excluding tert-OH is 1. The summed E-state index contributed by atoms with van der Waals surface area (Å²) in [5.41, 5.74) is 0.980. The fourth-order valence-corrected chi connectivity index (χ4v) is 4.24. The number of carboxylic acids is 1. The number of unbranched alkanes of at least 4 members (excludes halogenated alkanes) is 5. The van der Waals surface area contributed by atoms with Gasteiger partial charge in [0, 0.05) is 19.1 Å². The molecule has 1 heterocycles. The topological polar surface area (TPSA) is 93.1 Å². The van der Waals surface area contributed by atoms with Crippen molar-refractivity contribution in [3.05, 3.63) is 11.6 Å². The Kier molecular flexibility index (Phi) is 15.3. The molecular formula is C26H46O6. The van der Waals surface area contributed by atoms with E-state index in [1.807, 2.05) is 6.92 Å². The number of aliphatic carboxylic acids is 1. The van der Waals surface area contributed by atoms with Gasteiger partial charge in [0.15, 0.2) is 0 Å². The molecule has 1 fully saturated rings. The zero-order valence-electron chi connectivity index (χ0n) is 20.5. The number of hydrogen-bond donors (Lipinski definition) is 2. The molecule has 32 heavy (non-hydrogen) atoms. The number of hydrogen-bond acceptors (Lipinski definition) is 5. The van der Waals surface area contributed by atoms with Crippen LogP contribution in [-0.4, -0.2) is 47.6 Å². The third-order valence-corrected chi connectivity index (χ3v) is 6.38. The molecule has 1 saturated heterocycles. The van der Waals surface area contributed by atoms with E-state index in [1.165, 1.54) is 0 Å². The van der Waals surface area contributed by atoms with Crippen LogP contribution in [0.15, 0.2) is 11.6 Å². The fourth-order valence-electron chi connectivity index (χ4n) is 4.24. The predicted molar refractivity (Wildman–Crippen MR) is 126 cm³/mol. The van der Waals surface area contributed by atoms with Crippen molar-refractivity contribution in [2.75, 3.05) is 13.2 Å². The van der Waals surface area contributed by atoms with Gasteiger partial charge in [-0.15, -0.1) is 0 Å². The second-order valence-corrected chi connectivity index (χ2v) is 9.66. The average Bonchev–Trinajstić information content (AvgIpc) is 2.73. The van der Waals surface area contributed by atoms with Crippen LogP contribution >= 0.6 is 0 Å². The highest BCUT2D eigenvalue weighted by molar-refractivity contribution is 5.82. The minimum absolute atomic E-state index is 0.142. The fraction of sp³-hybridized carbons (Fsp3) is 0.846. The van der Waals surface area contributed by atoms with Gasteiger partial charge in [-0.2, -0.15) is 0 Å². The third kappa shape index (κ3) is 14.6. The summed E-state index contributed by atoms with van der Waals surface area (Å²) in [6.45, 7) is 7.41. The predicted octanol–water partition coefficient (Wildman–Crippen LogP) is 5.66. The molecule has 0 aliphatic carbocycles. The minimum Gasteiger partial charge on any atom is -0.481 e. The summed E-state index contributed by atoms with van der Waals surface area (Å²) in [5.74, 6) is -0.0281. The summed E-state index contributed by atoms with van der Waals surface area (Å²) in [4.78, 5) is 22.4. The van der Waals surface area contributed by atoms with Gasteiger partial charge in [-0.25, -0.2) is 4.79 Å². The number of aliphatic hydroxyl groups is 1. The first kappa shape index (κ1) is 28.6. The molecule has 1 rings (SSSR count). The molecule has 186 valence electrons. The highest BCUT2D eigenvalue weighted by atomic mass is 16.5. The number of carbonyl (C=O) groups excluding carboxylic acids is 1. The first-order valence-corrected chi connectivity index (χ1v) is 12.7. The summed E-state index contributed by atoms with van der Waals surface area (Å²) in [5, 5.41) is 18.8. The van der Waals surface area contributed by atoms with Crippen LogP contribution in [0.5, 0.6) is 0 Å². The quantitative estimate of drug-likeness (QED) is 0.167. The van der Waals surface area contributed by atoms with Crippen molar-refractivity contribution in [1.82, 2.24) is 0 Å². The van der Waals surface area contributed by atoms with Crippen LogP contribution in [0.3, 0.4) is 0 Å². The van der Waals surface area contributed by atoms with Gasteiger partial charge in [-0.3, -0.25) is 4.79 Å². The Hall–Kier alpha value is -1.40. The van der Waals surface area contributed by atoms with Gasteiger partial charge in [0.05, 0.1) is 18.8 Å². The lowest BCUT2D eigenvalue weighted by Gasteiger charge is -2.31. The van der Waals surface area contributed by atoms with Gasteiger partial charge < -0.3 is 19.7 Å². The molecule has 4 atom stereocenters.